The van der Waals surface area contributed by atoms with Gasteiger partial charge in [-0.2, -0.15) is 4.90 Å². The second kappa shape index (κ2) is 11.0. The Balaban J connectivity index is 1.56. The van der Waals surface area contributed by atoms with Gasteiger partial charge in [-0.3, -0.25) is 10.3 Å². The molecule has 0 saturated carbocycles. The molecule has 9 heteroatoms. The zero-order chi connectivity index (χ0) is 24.6. The number of aryl methyl sites for hydroxylation is 1. The molecule has 9 nitrogen and oxygen atoms in total. The predicted molar refractivity (Wildman–Crippen MR) is 133 cm³/mol. The number of carbonyl (C=O) groups is 2. The van der Waals surface area contributed by atoms with E-state index in [1.807, 2.05) is 85.8 Å². The number of fused-ring (bicyclic) bond motifs is 1. The molecule has 4 aromatic rings. The standard InChI is InChI=1S/C26H25N5O4/c1-18-10-9-15-21-22(18)29-24(28-21)31(26(33)35-17-20-13-7-4-8-14-20)23(27-2)30-25(32)34-16-19-11-5-3-6-12-19/h3-15H,16-17H2,1-2H3,(H,28,29)(H,27,30,32). The zero-order valence-corrected chi connectivity index (χ0v) is 19.4. The maximum atomic E-state index is 13.2. The topological polar surface area (TPSA) is 109 Å². The first-order valence-electron chi connectivity index (χ1n) is 11.0. The van der Waals surface area contributed by atoms with Gasteiger partial charge < -0.3 is 14.5 Å². The van der Waals surface area contributed by atoms with Gasteiger partial charge >= 0.3 is 12.2 Å². The van der Waals surface area contributed by atoms with Crippen molar-refractivity contribution in [2.75, 3.05) is 11.9 Å². The van der Waals surface area contributed by atoms with Gasteiger partial charge in [0.15, 0.2) is 0 Å². The van der Waals surface area contributed by atoms with Crippen LogP contribution in [0.15, 0.2) is 83.9 Å². The minimum atomic E-state index is -0.775. The van der Waals surface area contributed by atoms with Gasteiger partial charge in [0.25, 0.3) is 0 Å². The van der Waals surface area contributed by atoms with E-state index in [4.69, 9.17) is 9.47 Å². The zero-order valence-electron chi connectivity index (χ0n) is 19.4. The van der Waals surface area contributed by atoms with Crippen molar-refractivity contribution in [2.24, 2.45) is 4.99 Å². The van der Waals surface area contributed by atoms with Gasteiger partial charge in [-0.15, -0.1) is 0 Å². The lowest BCUT2D eigenvalue weighted by Crippen LogP contribution is -2.48. The van der Waals surface area contributed by atoms with Gasteiger partial charge in [0.2, 0.25) is 11.9 Å². The molecule has 0 spiro atoms. The smallest absolute Gasteiger partial charge is 0.424 e. The molecule has 35 heavy (non-hydrogen) atoms. The van der Waals surface area contributed by atoms with E-state index in [9.17, 15) is 9.59 Å². The van der Waals surface area contributed by atoms with Crippen LogP contribution in [-0.2, 0) is 22.7 Å². The van der Waals surface area contributed by atoms with Crippen molar-refractivity contribution < 1.29 is 19.1 Å². The van der Waals surface area contributed by atoms with Crippen LogP contribution in [0, 0.1) is 6.92 Å². The molecule has 0 fully saturated rings. The predicted octanol–water partition coefficient (Wildman–Crippen LogP) is 4.93. The molecule has 2 amide bonds. The molecular weight excluding hydrogens is 446 g/mol. The lowest BCUT2D eigenvalue weighted by Gasteiger charge is -2.21. The number of aliphatic imine (C=N–C) groups is 1. The van der Waals surface area contributed by atoms with Crippen molar-refractivity contribution in [2.45, 2.75) is 20.1 Å². The number of rotatable bonds is 5. The van der Waals surface area contributed by atoms with E-state index in [0.29, 0.717) is 5.52 Å². The Kier molecular flexibility index (Phi) is 7.37. The van der Waals surface area contributed by atoms with Crippen LogP contribution in [0.2, 0.25) is 0 Å². The molecule has 1 aromatic heterocycles. The number of amides is 2. The van der Waals surface area contributed by atoms with Crippen molar-refractivity contribution >= 4 is 35.1 Å². The molecule has 0 aliphatic rings. The second-order valence-electron chi connectivity index (χ2n) is 7.64. The van der Waals surface area contributed by atoms with E-state index in [2.05, 4.69) is 20.3 Å². The molecule has 0 saturated heterocycles. The Hall–Kier alpha value is -4.66. The van der Waals surface area contributed by atoms with E-state index in [0.717, 1.165) is 27.1 Å². The third-order valence-electron chi connectivity index (χ3n) is 5.15. The van der Waals surface area contributed by atoms with Crippen molar-refractivity contribution in [3.8, 4) is 0 Å². The summed E-state index contributed by atoms with van der Waals surface area (Å²) in [5.74, 6) is 0.0501. The number of ether oxygens (including phenoxy) is 2. The molecule has 2 N–H and O–H groups in total. The molecule has 3 aromatic carbocycles. The van der Waals surface area contributed by atoms with Gasteiger partial charge in [-0.05, 0) is 29.7 Å². The number of benzene rings is 3. The number of carbonyl (C=O) groups excluding carboxylic acids is 2. The molecule has 1 heterocycles. The summed E-state index contributed by atoms with van der Waals surface area (Å²) in [5.41, 5.74) is 3.97. The SMILES string of the molecule is CN=C(NC(=O)OCc1ccccc1)N(C(=O)OCc1ccccc1)c1nc2c(C)cccc2[nH]1. The van der Waals surface area contributed by atoms with Crippen LogP contribution in [-0.4, -0.2) is 35.2 Å². The number of guanidine groups is 1. The van der Waals surface area contributed by atoms with Crippen molar-refractivity contribution in [1.82, 2.24) is 15.3 Å². The fourth-order valence-corrected chi connectivity index (χ4v) is 3.39. The first kappa shape index (κ1) is 23.5. The van der Waals surface area contributed by atoms with Crippen LogP contribution in [0.3, 0.4) is 0 Å². The summed E-state index contributed by atoms with van der Waals surface area (Å²) >= 11 is 0. The number of hydrogen-bond donors (Lipinski definition) is 2. The maximum Gasteiger partial charge on any atom is 0.424 e. The summed E-state index contributed by atoms with van der Waals surface area (Å²) in [4.78, 5) is 38.6. The number of anilines is 1. The van der Waals surface area contributed by atoms with Crippen LogP contribution in [0.4, 0.5) is 15.5 Å². The number of aromatic amines is 1. The summed E-state index contributed by atoms with van der Waals surface area (Å²) in [6.07, 6.45) is -1.54. The Labute approximate surface area is 202 Å². The number of aromatic nitrogens is 2. The van der Waals surface area contributed by atoms with Gasteiger partial charge in [-0.1, -0.05) is 72.8 Å². The second-order valence-corrected chi connectivity index (χ2v) is 7.64. The number of nitrogens with zero attached hydrogens (tertiary/aromatic N) is 3. The summed E-state index contributed by atoms with van der Waals surface area (Å²) in [5, 5.41) is 2.53. The summed E-state index contributed by atoms with van der Waals surface area (Å²) in [7, 11) is 1.44. The lowest BCUT2D eigenvalue weighted by atomic mass is 10.2. The van der Waals surface area contributed by atoms with Crippen molar-refractivity contribution in [3.05, 3.63) is 95.6 Å². The van der Waals surface area contributed by atoms with Gasteiger partial charge in [0.1, 0.15) is 13.2 Å². The molecule has 0 bridgehead atoms. The first-order valence-corrected chi connectivity index (χ1v) is 11.0. The molecule has 0 aliphatic carbocycles. The van der Waals surface area contributed by atoms with Crippen LogP contribution in [0.25, 0.3) is 11.0 Å². The van der Waals surface area contributed by atoms with Crippen LogP contribution < -0.4 is 10.2 Å². The van der Waals surface area contributed by atoms with E-state index < -0.39 is 12.2 Å². The minimum absolute atomic E-state index is 0.0326. The highest BCUT2D eigenvalue weighted by Crippen LogP contribution is 2.21. The highest BCUT2D eigenvalue weighted by molar-refractivity contribution is 6.16. The number of alkyl carbamates (subject to hydrolysis) is 1. The highest BCUT2D eigenvalue weighted by atomic mass is 16.6. The number of para-hydroxylation sites is 1. The summed E-state index contributed by atoms with van der Waals surface area (Å²) in [6, 6.07) is 24.2. The molecule has 0 radical (unpaired) electrons. The van der Waals surface area contributed by atoms with Crippen molar-refractivity contribution in [3.63, 3.8) is 0 Å². The average Bonchev–Trinajstić information content (AvgIpc) is 3.32. The molecule has 178 valence electrons. The van der Waals surface area contributed by atoms with Crippen LogP contribution in [0.1, 0.15) is 16.7 Å². The number of imidazole rings is 1. The van der Waals surface area contributed by atoms with E-state index in [-0.39, 0.29) is 25.1 Å². The summed E-state index contributed by atoms with van der Waals surface area (Å²) in [6.45, 7) is 2.01. The Morgan fingerprint density at radius 1 is 0.914 bits per heavy atom. The van der Waals surface area contributed by atoms with Crippen molar-refractivity contribution in [1.29, 1.82) is 0 Å². The summed E-state index contributed by atoms with van der Waals surface area (Å²) < 4.78 is 10.8. The molecule has 0 atom stereocenters. The molecule has 0 aliphatic heterocycles. The Morgan fingerprint density at radius 3 is 2.14 bits per heavy atom. The van der Waals surface area contributed by atoms with Crippen LogP contribution >= 0.6 is 0 Å². The molecular formula is C26H25N5O4. The fourth-order valence-electron chi connectivity index (χ4n) is 3.39. The van der Waals surface area contributed by atoms with E-state index in [1.54, 1.807) is 0 Å². The number of H-pyrrole nitrogens is 1. The largest absolute Gasteiger partial charge is 0.444 e. The number of hydrogen-bond acceptors (Lipinski definition) is 6. The fraction of sp³-hybridized carbons (Fsp3) is 0.154. The average molecular weight is 472 g/mol. The van der Waals surface area contributed by atoms with Crippen LogP contribution in [0.5, 0.6) is 0 Å². The van der Waals surface area contributed by atoms with E-state index in [1.165, 1.54) is 7.05 Å². The lowest BCUT2D eigenvalue weighted by molar-refractivity contribution is 0.144. The third-order valence-corrected chi connectivity index (χ3v) is 5.15. The monoisotopic (exact) mass is 471 g/mol. The maximum absolute atomic E-state index is 13.2. The quantitative estimate of drug-likeness (QED) is 0.317. The van der Waals surface area contributed by atoms with Gasteiger partial charge in [0, 0.05) is 7.05 Å². The Morgan fingerprint density at radius 2 is 1.54 bits per heavy atom. The van der Waals surface area contributed by atoms with Gasteiger partial charge in [0.05, 0.1) is 11.0 Å². The molecule has 4 rings (SSSR count). The highest BCUT2D eigenvalue weighted by Gasteiger charge is 2.28. The third kappa shape index (κ3) is 5.83. The Bertz CT molecular complexity index is 1340. The minimum Gasteiger partial charge on any atom is -0.444 e. The first-order chi connectivity index (χ1) is 17.0. The normalized spacial score (nSPS) is 11.2. The number of nitrogens with one attached hydrogen (secondary N) is 2. The van der Waals surface area contributed by atoms with Gasteiger partial charge in [-0.25, -0.2) is 14.6 Å². The van der Waals surface area contributed by atoms with E-state index >= 15 is 0 Å². The molecule has 0 unspecified atom stereocenters.